The van der Waals surface area contributed by atoms with E-state index in [1.165, 1.54) is 58.5 Å². The van der Waals surface area contributed by atoms with E-state index in [1.54, 1.807) is 0 Å². The molecule has 132 valence electrons. The highest BCUT2D eigenvalue weighted by Gasteiger charge is 2.30. The molecular weight excluding hydrogens is 290 g/mol. The van der Waals surface area contributed by atoms with Gasteiger partial charge < -0.3 is 9.64 Å². The van der Waals surface area contributed by atoms with Gasteiger partial charge in [0.1, 0.15) is 0 Å². The van der Waals surface area contributed by atoms with Gasteiger partial charge in [0.25, 0.3) is 0 Å². The lowest BCUT2D eigenvalue weighted by Gasteiger charge is -2.37. The number of amides is 1. The number of methoxy groups -OCH3 is 1. The molecule has 0 aromatic carbocycles. The first-order valence-corrected chi connectivity index (χ1v) is 9.49. The second-order valence-electron chi connectivity index (χ2n) is 7.47. The van der Waals surface area contributed by atoms with Gasteiger partial charge in [-0.1, -0.05) is 45.4 Å². The third kappa shape index (κ3) is 5.50. The van der Waals surface area contributed by atoms with Crippen LogP contribution in [0, 0.1) is 11.8 Å². The molecule has 2 aliphatic rings. The molecule has 0 spiro atoms. The van der Waals surface area contributed by atoms with Crippen LogP contribution in [0.1, 0.15) is 77.6 Å². The zero-order valence-corrected chi connectivity index (χ0v) is 14.9. The van der Waals surface area contributed by atoms with Gasteiger partial charge in [-0.2, -0.15) is 0 Å². The van der Waals surface area contributed by atoms with Crippen molar-refractivity contribution >= 4 is 11.9 Å². The Bertz CT molecular complexity index is 384. The van der Waals surface area contributed by atoms with Crippen molar-refractivity contribution in [3.05, 3.63) is 0 Å². The van der Waals surface area contributed by atoms with Crippen molar-refractivity contribution in [3.63, 3.8) is 0 Å². The molecule has 4 heteroatoms. The SMILES string of the molecule is COC(=O)C(C)CN(C(=O)CC1CCCCC1)C1CCCCC1. The lowest BCUT2D eigenvalue weighted by molar-refractivity contribution is -0.147. The third-order valence-electron chi connectivity index (χ3n) is 5.60. The molecule has 1 amide bonds. The molecule has 2 fully saturated rings. The molecule has 0 N–H and O–H groups in total. The summed E-state index contributed by atoms with van der Waals surface area (Å²) in [5.74, 6) is 0.365. The molecule has 0 saturated heterocycles. The molecule has 4 nitrogen and oxygen atoms in total. The van der Waals surface area contributed by atoms with E-state index in [4.69, 9.17) is 4.74 Å². The van der Waals surface area contributed by atoms with Gasteiger partial charge in [0.05, 0.1) is 13.0 Å². The Morgan fingerprint density at radius 2 is 1.57 bits per heavy atom. The van der Waals surface area contributed by atoms with E-state index in [1.807, 2.05) is 11.8 Å². The third-order valence-corrected chi connectivity index (χ3v) is 5.60. The number of hydrogen-bond acceptors (Lipinski definition) is 3. The zero-order chi connectivity index (χ0) is 16.7. The van der Waals surface area contributed by atoms with Crippen LogP contribution in [0.5, 0.6) is 0 Å². The molecule has 23 heavy (non-hydrogen) atoms. The second-order valence-corrected chi connectivity index (χ2v) is 7.47. The number of carbonyl (C=O) groups excluding carboxylic acids is 2. The van der Waals surface area contributed by atoms with Gasteiger partial charge in [-0.05, 0) is 31.6 Å². The Morgan fingerprint density at radius 3 is 2.13 bits per heavy atom. The average molecular weight is 323 g/mol. The molecular formula is C19H33NO3. The van der Waals surface area contributed by atoms with Crippen molar-refractivity contribution in [2.24, 2.45) is 11.8 Å². The van der Waals surface area contributed by atoms with E-state index in [2.05, 4.69) is 0 Å². The molecule has 2 saturated carbocycles. The van der Waals surface area contributed by atoms with E-state index in [-0.39, 0.29) is 17.8 Å². The van der Waals surface area contributed by atoms with E-state index < -0.39 is 0 Å². The molecule has 0 aromatic rings. The minimum Gasteiger partial charge on any atom is -0.469 e. The van der Waals surface area contributed by atoms with E-state index >= 15 is 0 Å². The van der Waals surface area contributed by atoms with Gasteiger partial charge in [0.15, 0.2) is 0 Å². The van der Waals surface area contributed by atoms with Crippen LogP contribution in [0.15, 0.2) is 0 Å². The topological polar surface area (TPSA) is 46.6 Å². The molecule has 2 aliphatic carbocycles. The maximum atomic E-state index is 12.9. The van der Waals surface area contributed by atoms with Crippen molar-refractivity contribution in [3.8, 4) is 0 Å². The van der Waals surface area contributed by atoms with Crippen molar-refractivity contribution in [2.45, 2.75) is 83.6 Å². The highest BCUT2D eigenvalue weighted by molar-refractivity contribution is 5.78. The summed E-state index contributed by atoms with van der Waals surface area (Å²) in [6.45, 7) is 2.39. The minimum absolute atomic E-state index is 0.212. The Hall–Kier alpha value is -1.06. The highest BCUT2D eigenvalue weighted by atomic mass is 16.5. The van der Waals surface area contributed by atoms with Gasteiger partial charge >= 0.3 is 5.97 Å². The van der Waals surface area contributed by atoms with Crippen LogP contribution in [0.3, 0.4) is 0 Å². The quantitative estimate of drug-likeness (QED) is 0.696. The first-order valence-electron chi connectivity index (χ1n) is 9.49. The smallest absolute Gasteiger partial charge is 0.310 e. The fraction of sp³-hybridized carbons (Fsp3) is 0.895. The number of esters is 1. The summed E-state index contributed by atoms with van der Waals surface area (Å²) >= 11 is 0. The minimum atomic E-state index is -0.239. The van der Waals surface area contributed by atoms with Crippen LogP contribution in [-0.4, -0.2) is 36.5 Å². The molecule has 0 aromatic heterocycles. The molecule has 0 radical (unpaired) electrons. The first kappa shape index (κ1) is 18.3. The predicted octanol–water partition coefficient (Wildman–Crippen LogP) is 3.93. The number of hydrogen-bond donors (Lipinski definition) is 0. The van der Waals surface area contributed by atoms with Crippen LogP contribution in [0.25, 0.3) is 0 Å². The molecule has 0 bridgehead atoms. The Kier molecular flexibility index (Phi) is 7.38. The van der Waals surface area contributed by atoms with Gasteiger partial charge in [-0.3, -0.25) is 9.59 Å². The number of nitrogens with zero attached hydrogens (tertiary/aromatic N) is 1. The summed E-state index contributed by atoms with van der Waals surface area (Å²) in [5.41, 5.74) is 0. The maximum Gasteiger partial charge on any atom is 0.310 e. The maximum absolute atomic E-state index is 12.9. The van der Waals surface area contributed by atoms with Crippen molar-refractivity contribution in [2.75, 3.05) is 13.7 Å². The summed E-state index contributed by atoms with van der Waals surface area (Å²) in [6, 6.07) is 0.326. The summed E-state index contributed by atoms with van der Waals surface area (Å²) in [5, 5.41) is 0. The number of ether oxygens (including phenoxy) is 1. The monoisotopic (exact) mass is 323 g/mol. The molecule has 0 aliphatic heterocycles. The summed E-state index contributed by atoms with van der Waals surface area (Å²) in [4.78, 5) is 26.7. The standard InChI is InChI=1S/C19H33NO3/c1-15(19(22)23-2)14-20(17-11-7-4-8-12-17)18(21)13-16-9-5-3-6-10-16/h15-17H,3-14H2,1-2H3. The summed E-state index contributed by atoms with van der Waals surface area (Å²) in [6.07, 6.45) is 12.7. The summed E-state index contributed by atoms with van der Waals surface area (Å²) < 4.78 is 4.85. The molecule has 1 atom stereocenters. The van der Waals surface area contributed by atoms with E-state index in [0.717, 1.165) is 12.8 Å². The summed E-state index contributed by atoms with van der Waals surface area (Å²) in [7, 11) is 1.42. The van der Waals surface area contributed by atoms with Crippen LogP contribution >= 0.6 is 0 Å². The van der Waals surface area contributed by atoms with E-state index in [9.17, 15) is 9.59 Å². The van der Waals surface area contributed by atoms with Crippen LogP contribution < -0.4 is 0 Å². The number of carbonyl (C=O) groups is 2. The van der Waals surface area contributed by atoms with Crippen LogP contribution in [0.4, 0.5) is 0 Å². The Morgan fingerprint density at radius 1 is 1.00 bits per heavy atom. The normalized spacial score (nSPS) is 21.7. The lowest BCUT2D eigenvalue weighted by atomic mass is 9.86. The largest absolute Gasteiger partial charge is 0.469 e. The van der Waals surface area contributed by atoms with Gasteiger partial charge in [0.2, 0.25) is 5.91 Å². The van der Waals surface area contributed by atoms with Gasteiger partial charge in [-0.15, -0.1) is 0 Å². The molecule has 0 heterocycles. The van der Waals surface area contributed by atoms with Crippen molar-refractivity contribution < 1.29 is 14.3 Å². The fourth-order valence-corrected chi connectivity index (χ4v) is 4.17. The van der Waals surface area contributed by atoms with Gasteiger partial charge in [0, 0.05) is 19.0 Å². The van der Waals surface area contributed by atoms with E-state index in [0.29, 0.717) is 24.9 Å². The van der Waals surface area contributed by atoms with Crippen LogP contribution in [0.2, 0.25) is 0 Å². The average Bonchev–Trinajstić information content (AvgIpc) is 2.60. The lowest BCUT2D eigenvalue weighted by Crippen LogP contribution is -2.45. The fourth-order valence-electron chi connectivity index (χ4n) is 4.17. The highest BCUT2D eigenvalue weighted by Crippen LogP contribution is 2.29. The zero-order valence-electron chi connectivity index (χ0n) is 14.9. The molecule has 1 unspecified atom stereocenters. The first-order chi connectivity index (χ1) is 11.1. The Balaban J connectivity index is 1.98. The Labute approximate surface area is 140 Å². The van der Waals surface area contributed by atoms with Crippen molar-refractivity contribution in [1.29, 1.82) is 0 Å². The predicted molar refractivity (Wildman–Crippen MR) is 91.0 cm³/mol. The molecule has 2 rings (SSSR count). The second kappa shape index (κ2) is 9.29. The van der Waals surface area contributed by atoms with Crippen molar-refractivity contribution in [1.82, 2.24) is 4.90 Å². The number of rotatable bonds is 6. The van der Waals surface area contributed by atoms with Crippen LogP contribution in [-0.2, 0) is 14.3 Å². The van der Waals surface area contributed by atoms with Gasteiger partial charge in [-0.25, -0.2) is 0 Å².